The second-order valence-electron chi connectivity index (χ2n) is 6.10. The van der Waals surface area contributed by atoms with Gasteiger partial charge in [0.2, 0.25) is 0 Å². The van der Waals surface area contributed by atoms with Crippen LogP contribution in [-0.4, -0.2) is 5.75 Å². The van der Waals surface area contributed by atoms with Crippen molar-refractivity contribution >= 4 is 23.1 Å². The molecule has 0 N–H and O–H groups in total. The maximum absolute atomic E-state index is 2.33. The van der Waals surface area contributed by atoms with Gasteiger partial charge in [0, 0.05) is 10.6 Å². The first-order valence-electron chi connectivity index (χ1n) is 7.20. The van der Waals surface area contributed by atoms with Crippen LogP contribution in [-0.2, 0) is 5.41 Å². The minimum Gasteiger partial charge on any atom is -0.133 e. The van der Waals surface area contributed by atoms with E-state index in [4.69, 9.17) is 0 Å². The highest BCUT2D eigenvalue weighted by Gasteiger charge is 2.16. The smallest absolute Gasteiger partial charge is 0.0601 e. The Balaban J connectivity index is 2.45. The van der Waals surface area contributed by atoms with Crippen LogP contribution in [0.5, 0.6) is 0 Å². The largest absolute Gasteiger partial charge is 0.133 e. The summed E-state index contributed by atoms with van der Waals surface area (Å²) in [6, 6.07) is 4.61. The van der Waals surface area contributed by atoms with Crippen molar-refractivity contribution in [2.45, 2.75) is 69.9 Å². The van der Waals surface area contributed by atoms with E-state index in [1.807, 2.05) is 11.3 Å². The molecule has 0 fully saturated rings. The van der Waals surface area contributed by atoms with Crippen molar-refractivity contribution in [3.63, 3.8) is 0 Å². The fourth-order valence-electron chi connectivity index (χ4n) is 1.90. The molecule has 0 radical (unpaired) electrons. The maximum atomic E-state index is 2.33. The monoisotopic (exact) mass is 284 g/mol. The van der Waals surface area contributed by atoms with Crippen LogP contribution in [0.25, 0.3) is 0 Å². The van der Waals surface area contributed by atoms with E-state index in [0.29, 0.717) is 5.41 Å². The second kappa shape index (κ2) is 7.59. The van der Waals surface area contributed by atoms with Gasteiger partial charge in [-0.2, -0.15) is 0 Å². The van der Waals surface area contributed by atoms with E-state index in [1.54, 1.807) is 0 Å². The Morgan fingerprint density at radius 2 is 1.94 bits per heavy atom. The van der Waals surface area contributed by atoms with E-state index >= 15 is 0 Å². The van der Waals surface area contributed by atoms with Gasteiger partial charge in [-0.3, -0.25) is 0 Å². The van der Waals surface area contributed by atoms with Crippen molar-refractivity contribution < 1.29 is 0 Å². The number of thioether (sulfide) groups is 1. The molecule has 0 aliphatic heterocycles. The van der Waals surface area contributed by atoms with E-state index in [1.165, 1.54) is 40.5 Å². The number of hydrogen-bond donors (Lipinski definition) is 0. The van der Waals surface area contributed by atoms with Crippen molar-refractivity contribution in [1.29, 1.82) is 0 Å². The average Bonchev–Trinajstić information content (AvgIpc) is 2.78. The van der Waals surface area contributed by atoms with Gasteiger partial charge in [-0.15, -0.1) is 23.1 Å². The van der Waals surface area contributed by atoms with E-state index in [-0.39, 0.29) is 0 Å². The lowest BCUT2D eigenvalue weighted by molar-refractivity contribution is 0.499. The number of unbranched alkanes of at least 4 members (excludes halogenated alkanes) is 1. The van der Waals surface area contributed by atoms with Crippen molar-refractivity contribution in [1.82, 2.24) is 0 Å². The van der Waals surface area contributed by atoms with Crippen LogP contribution < -0.4 is 0 Å². The molecule has 0 aliphatic rings. The van der Waals surface area contributed by atoms with Gasteiger partial charge in [-0.1, -0.05) is 53.9 Å². The van der Waals surface area contributed by atoms with Crippen molar-refractivity contribution in [2.75, 3.05) is 5.75 Å². The summed E-state index contributed by atoms with van der Waals surface area (Å²) in [5.41, 5.74) is 0.301. The molecule has 1 unspecified atom stereocenters. The molecule has 1 aromatic rings. The summed E-state index contributed by atoms with van der Waals surface area (Å²) in [5, 5.41) is 0. The molecule has 1 heterocycles. The third-order valence-corrected chi connectivity index (χ3v) is 6.29. The van der Waals surface area contributed by atoms with E-state index in [2.05, 4.69) is 58.5 Å². The van der Waals surface area contributed by atoms with Crippen LogP contribution >= 0.6 is 23.1 Å². The summed E-state index contributed by atoms with van der Waals surface area (Å²) in [5.74, 6) is 2.19. The Hall–Kier alpha value is 0.0500. The van der Waals surface area contributed by atoms with Gasteiger partial charge in [0.15, 0.2) is 0 Å². The first-order chi connectivity index (χ1) is 8.47. The van der Waals surface area contributed by atoms with Crippen LogP contribution in [0, 0.1) is 5.92 Å². The number of thiophene rings is 1. The SMILES string of the molecule is CCCCC(CC)CSc1ccc(C(C)(C)C)s1. The lowest BCUT2D eigenvalue weighted by atomic mass is 9.95. The molecule has 0 amide bonds. The Kier molecular flexibility index (Phi) is 6.79. The zero-order chi connectivity index (χ0) is 13.6. The van der Waals surface area contributed by atoms with Crippen molar-refractivity contribution in [2.24, 2.45) is 5.92 Å². The summed E-state index contributed by atoms with van der Waals surface area (Å²) in [6.07, 6.45) is 5.44. The molecule has 0 aliphatic carbocycles. The van der Waals surface area contributed by atoms with Crippen LogP contribution in [0.1, 0.15) is 65.2 Å². The van der Waals surface area contributed by atoms with Crippen LogP contribution in [0.3, 0.4) is 0 Å². The molecule has 0 saturated carbocycles. The third kappa shape index (κ3) is 5.36. The third-order valence-electron chi connectivity index (χ3n) is 3.33. The normalized spacial score (nSPS) is 13.8. The lowest BCUT2D eigenvalue weighted by Gasteiger charge is -2.15. The molecule has 1 atom stereocenters. The quantitative estimate of drug-likeness (QED) is 0.525. The maximum Gasteiger partial charge on any atom is 0.0601 e. The minimum atomic E-state index is 0.301. The molecular formula is C16H28S2. The molecule has 104 valence electrons. The first kappa shape index (κ1) is 16.1. The van der Waals surface area contributed by atoms with Gasteiger partial charge < -0.3 is 0 Å². The Labute approximate surface area is 122 Å². The molecule has 0 saturated heterocycles. The molecule has 0 bridgehead atoms. The van der Waals surface area contributed by atoms with Gasteiger partial charge >= 0.3 is 0 Å². The zero-order valence-electron chi connectivity index (χ0n) is 12.6. The Bertz CT molecular complexity index is 333. The summed E-state index contributed by atoms with van der Waals surface area (Å²) in [6.45, 7) is 11.5. The zero-order valence-corrected chi connectivity index (χ0v) is 14.2. The average molecular weight is 285 g/mol. The topological polar surface area (TPSA) is 0 Å². The highest BCUT2D eigenvalue weighted by atomic mass is 32.2. The van der Waals surface area contributed by atoms with Gasteiger partial charge in [0.05, 0.1) is 4.21 Å². The molecular weight excluding hydrogens is 256 g/mol. The molecule has 18 heavy (non-hydrogen) atoms. The van der Waals surface area contributed by atoms with Crippen LogP contribution in [0.2, 0.25) is 0 Å². The Morgan fingerprint density at radius 1 is 1.22 bits per heavy atom. The summed E-state index contributed by atoms with van der Waals surface area (Å²) < 4.78 is 1.50. The fourth-order valence-corrected chi connectivity index (χ4v) is 4.37. The number of rotatable bonds is 7. The fraction of sp³-hybridized carbons (Fsp3) is 0.750. The minimum absolute atomic E-state index is 0.301. The van der Waals surface area contributed by atoms with Gasteiger partial charge in [0.25, 0.3) is 0 Å². The van der Waals surface area contributed by atoms with E-state index < -0.39 is 0 Å². The molecule has 0 nitrogen and oxygen atoms in total. The van der Waals surface area contributed by atoms with Crippen LogP contribution in [0.15, 0.2) is 16.3 Å². The molecule has 1 aromatic heterocycles. The molecule has 2 heteroatoms. The predicted octanol–water partition coefficient (Wildman–Crippen LogP) is 6.35. The molecule has 0 aromatic carbocycles. The number of hydrogen-bond acceptors (Lipinski definition) is 2. The first-order valence-corrected chi connectivity index (χ1v) is 9.00. The van der Waals surface area contributed by atoms with Gasteiger partial charge in [-0.25, -0.2) is 0 Å². The Morgan fingerprint density at radius 3 is 2.44 bits per heavy atom. The second-order valence-corrected chi connectivity index (χ2v) is 8.50. The van der Waals surface area contributed by atoms with E-state index in [9.17, 15) is 0 Å². The van der Waals surface area contributed by atoms with E-state index in [0.717, 1.165) is 5.92 Å². The lowest BCUT2D eigenvalue weighted by Crippen LogP contribution is -2.07. The van der Waals surface area contributed by atoms with Gasteiger partial charge in [-0.05, 0) is 29.9 Å². The summed E-state index contributed by atoms with van der Waals surface area (Å²) in [7, 11) is 0. The predicted molar refractivity (Wildman–Crippen MR) is 87.0 cm³/mol. The highest BCUT2D eigenvalue weighted by molar-refractivity contribution is 8.01. The van der Waals surface area contributed by atoms with Crippen molar-refractivity contribution in [3.05, 3.63) is 17.0 Å². The summed E-state index contributed by atoms with van der Waals surface area (Å²) in [4.78, 5) is 1.51. The van der Waals surface area contributed by atoms with Crippen LogP contribution in [0.4, 0.5) is 0 Å². The molecule has 1 rings (SSSR count). The standard InChI is InChI=1S/C16H28S2/c1-6-8-9-13(7-2)12-17-15-11-10-14(18-15)16(3,4)5/h10-11,13H,6-9,12H2,1-5H3. The van der Waals surface area contributed by atoms with Crippen molar-refractivity contribution in [3.8, 4) is 0 Å². The highest BCUT2D eigenvalue weighted by Crippen LogP contribution is 2.35. The van der Waals surface area contributed by atoms with Gasteiger partial charge in [0.1, 0.15) is 0 Å². The summed E-state index contributed by atoms with van der Waals surface area (Å²) >= 11 is 4.04. The molecule has 0 spiro atoms.